The molecule has 1 atom stereocenters. The first-order valence-electron chi connectivity index (χ1n) is 6.65. The van der Waals surface area contributed by atoms with E-state index < -0.39 is 0 Å². The largest absolute Gasteiger partial charge is 0.358 e. The summed E-state index contributed by atoms with van der Waals surface area (Å²) in [5, 5.41) is 4.57. The van der Waals surface area contributed by atoms with Crippen LogP contribution >= 0.6 is 0 Å². The number of aromatic amines is 1. The summed E-state index contributed by atoms with van der Waals surface area (Å²) in [6.45, 7) is 3.14. The molecule has 0 aliphatic heterocycles. The normalized spacial score (nSPS) is 19.1. The van der Waals surface area contributed by atoms with E-state index in [1.54, 1.807) is 0 Å². The third-order valence-corrected chi connectivity index (χ3v) is 4.34. The van der Waals surface area contributed by atoms with Crippen LogP contribution in [0.4, 0.5) is 0 Å². The molecule has 1 aliphatic carbocycles. The van der Waals surface area contributed by atoms with E-state index in [4.69, 9.17) is 5.73 Å². The number of hydrogen-bond donors (Lipinski definition) is 3. The molecule has 3 heteroatoms. The van der Waals surface area contributed by atoms with Gasteiger partial charge in [0.1, 0.15) is 0 Å². The molecular weight excluding hydrogens is 222 g/mol. The number of rotatable bonds is 4. The fourth-order valence-corrected chi connectivity index (χ4v) is 3.12. The molecule has 0 radical (unpaired) electrons. The number of benzene rings is 1. The monoisotopic (exact) mass is 243 g/mol. The maximum atomic E-state index is 6.57. The average Bonchev–Trinajstić information content (AvgIpc) is 3.05. The minimum Gasteiger partial charge on any atom is -0.358 e. The first-order chi connectivity index (χ1) is 8.68. The van der Waals surface area contributed by atoms with Crippen molar-refractivity contribution in [3.05, 3.63) is 35.5 Å². The molecule has 96 valence electrons. The third-order valence-electron chi connectivity index (χ3n) is 4.34. The summed E-state index contributed by atoms with van der Waals surface area (Å²) in [7, 11) is 2.01. The maximum Gasteiger partial charge on any atom is 0.0459 e. The molecule has 0 saturated heterocycles. The van der Waals surface area contributed by atoms with E-state index in [0.717, 1.165) is 6.54 Å². The van der Waals surface area contributed by atoms with Crippen LogP contribution in [-0.4, -0.2) is 18.6 Å². The molecule has 3 rings (SSSR count). The second kappa shape index (κ2) is 4.11. The Kier molecular flexibility index (Phi) is 2.68. The number of para-hydroxylation sites is 1. The van der Waals surface area contributed by atoms with Gasteiger partial charge in [-0.1, -0.05) is 18.2 Å². The summed E-state index contributed by atoms with van der Waals surface area (Å²) < 4.78 is 0. The van der Waals surface area contributed by atoms with E-state index >= 15 is 0 Å². The number of nitrogens with two attached hydrogens (primary N) is 1. The standard InChI is InChI=1S/C15H21N3/c1-10-13(11-5-3-4-6-12(11)18-10)14(16)15(7-8-15)9-17-2/h3-6,14,17-18H,7-9,16H2,1-2H3. The van der Waals surface area contributed by atoms with Gasteiger partial charge >= 0.3 is 0 Å². The predicted octanol–water partition coefficient (Wildman–Crippen LogP) is 2.48. The van der Waals surface area contributed by atoms with Gasteiger partial charge in [-0.15, -0.1) is 0 Å². The van der Waals surface area contributed by atoms with E-state index in [1.165, 1.54) is 35.0 Å². The second-order valence-electron chi connectivity index (χ2n) is 5.58. The van der Waals surface area contributed by atoms with Gasteiger partial charge in [0, 0.05) is 34.6 Å². The van der Waals surface area contributed by atoms with Gasteiger partial charge < -0.3 is 16.0 Å². The topological polar surface area (TPSA) is 53.8 Å². The first kappa shape index (κ1) is 11.8. The summed E-state index contributed by atoms with van der Waals surface area (Å²) in [4.78, 5) is 3.45. The van der Waals surface area contributed by atoms with Crippen molar-refractivity contribution in [3.8, 4) is 0 Å². The fraction of sp³-hybridized carbons (Fsp3) is 0.467. The highest BCUT2D eigenvalue weighted by molar-refractivity contribution is 5.85. The second-order valence-corrected chi connectivity index (χ2v) is 5.58. The lowest BCUT2D eigenvalue weighted by Gasteiger charge is -2.23. The van der Waals surface area contributed by atoms with Gasteiger partial charge in [0.25, 0.3) is 0 Å². The fourth-order valence-electron chi connectivity index (χ4n) is 3.12. The van der Waals surface area contributed by atoms with Gasteiger partial charge in [-0.05, 0) is 38.4 Å². The molecule has 0 spiro atoms. The molecule has 18 heavy (non-hydrogen) atoms. The molecule has 1 fully saturated rings. The Morgan fingerprint density at radius 1 is 1.39 bits per heavy atom. The zero-order valence-corrected chi connectivity index (χ0v) is 11.1. The number of aromatic nitrogens is 1. The van der Waals surface area contributed by atoms with Crippen molar-refractivity contribution < 1.29 is 0 Å². The molecular formula is C15H21N3. The Labute approximate surface area is 108 Å². The Bertz CT molecular complexity index is 566. The van der Waals surface area contributed by atoms with Crippen molar-refractivity contribution in [2.24, 2.45) is 11.1 Å². The molecule has 1 heterocycles. The molecule has 1 aromatic heterocycles. The predicted molar refractivity (Wildman–Crippen MR) is 75.6 cm³/mol. The maximum absolute atomic E-state index is 6.57. The molecule has 1 aromatic carbocycles. The van der Waals surface area contributed by atoms with Gasteiger partial charge in [0.05, 0.1) is 0 Å². The van der Waals surface area contributed by atoms with Crippen molar-refractivity contribution in [3.63, 3.8) is 0 Å². The Hall–Kier alpha value is -1.32. The zero-order valence-electron chi connectivity index (χ0n) is 11.1. The van der Waals surface area contributed by atoms with Gasteiger partial charge in [-0.2, -0.15) is 0 Å². The van der Waals surface area contributed by atoms with Crippen molar-refractivity contribution in [2.45, 2.75) is 25.8 Å². The van der Waals surface area contributed by atoms with Crippen LogP contribution in [0.3, 0.4) is 0 Å². The van der Waals surface area contributed by atoms with Gasteiger partial charge in [0.2, 0.25) is 0 Å². The van der Waals surface area contributed by atoms with Crippen molar-refractivity contribution in [2.75, 3.05) is 13.6 Å². The smallest absolute Gasteiger partial charge is 0.0459 e. The zero-order chi connectivity index (χ0) is 12.8. The summed E-state index contributed by atoms with van der Waals surface area (Å²) in [5.41, 5.74) is 10.6. The third kappa shape index (κ3) is 1.66. The summed E-state index contributed by atoms with van der Waals surface area (Å²) in [6, 6.07) is 8.57. The quantitative estimate of drug-likeness (QED) is 0.772. The van der Waals surface area contributed by atoms with Crippen LogP contribution < -0.4 is 11.1 Å². The van der Waals surface area contributed by atoms with Crippen LogP contribution in [-0.2, 0) is 0 Å². The van der Waals surface area contributed by atoms with E-state index in [2.05, 4.69) is 41.5 Å². The van der Waals surface area contributed by atoms with Crippen LogP contribution in [0.5, 0.6) is 0 Å². The van der Waals surface area contributed by atoms with Crippen LogP contribution in [0, 0.1) is 12.3 Å². The minimum absolute atomic E-state index is 0.126. The van der Waals surface area contributed by atoms with Crippen LogP contribution in [0.2, 0.25) is 0 Å². The number of nitrogens with one attached hydrogen (secondary N) is 2. The molecule has 1 aliphatic rings. The minimum atomic E-state index is 0.126. The van der Waals surface area contributed by atoms with E-state index in [0.29, 0.717) is 0 Å². The molecule has 3 nitrogen and oxygen atoms in total. The highest BCUT2D eigenvalue weighted by Crippen LogP contribution is 2.54. The highest BCUT2D eigenvalue weighted by Gasteiger charge is 2.48. The first-order valence-corrected chi connectivity index (χ1v) is 6.65. The molecule has 0 amide bonds. The number of aryl methyl sites for hydroxylation is 1. The number of fused-ring (bicyclic) bond motifs is 1. The van der Waals surface area contributed by atoms with Crippen molar-refractivity contribution in [1.29, 1.82) is 0 Å². The SMILES string of the molecule is CNCC1(C(N)c2c(C)[nH]c3ccccc23)CC1. The molecule has 1 saturated carbocycles. The molecule has 0 bridgehead atoms. The van der Waals surface area contributed by atoms with Crippen LogP contribution in [0.15, 0.2) is 24.3 Å². The lowest BCUT2D eigenvalue weighted by Crippen LogP contribution is -2.31. The van der Waals surface area contributed by atoms with Gasteiger partial charge in [-0.25, -0.2) is 0 Å². The Balaban J connectivity index is 2.06. The molecule has 2 aromatic rings. The van der Waals surface area contributed by atoms with Crippen LogP contribution in [0.25, 0.3) is 10.9 Å². The lowest BCUT2D eigenvalue weighted by atomic mass is 9.89. The summed E-state index contributed by atoms with van der Waals surface area (Å²) in [5.74, 6) is 0. The average molecular weight is 243 g/mol. The van der Waals surface area contributed by atoms with E-state index in [1.807, 2.05) is 7.05 Å². The molecule has 1 unspecified atom stereocenters. The van der Waals surface area contributed by atoms with E-state index in [9.17, 15) is 0 Å². The number of H-pyrrole nitrogens is 1. The Morgan fingerprint density at radius 2 is 2.11 bits per heavy atom. The summed E-state index contributed by atoms with van der Waals surface area (Å²) in [6.07, 6.45) is 2.46. The summed E-state index contributed by atoms with van der Waals surface area (Å²) >= 11 is 0. The van der Waals surface area contributed by atoms with E-state index in [-0.39, 0.29) is 11.5 Å². The van der Waals surface area contributed by atoms with Crippen molar-refractivity contribution >= 4 is 10.9 Å². The van der Waals surface area contributed by atoms with Gasteiger partial charge in [0.15, 0.2) is 0 Å². The molecule has 4 N–H and O–H groups in total. The van der Waals surface area contributed by atoms with Crippen molar-refractivity contribution in [1.82, 2.24) is 10.3 Å². The number of hydrogen-bond acceptors (Lipinski definition) is 2. The lowest BCUT2D eigenvalue weighted by molar-refractivity contribution is 0.393. The Morgan fingerprint density at radius 3 is 2.78 bits per heavy atom. The van der Waals surface area contributed by atoms with Gasteiger partial charge in [-0.3, -0.25) is 0 Å². The van der Waals surface area contributed by atoms with Crippen LogP contribution in [0.1, 0.15) is 30.1 Å². The highest BCUT2D eigenvalue weighted by atomic mass is 14.9.